The van der Waals surface area contributed by atoms with Crippen molar-refractivity contribution in [2.24, 2.45) is 0 Å². The van der Waals surface area contributed by atoms with Crippen LogP contribution in [0.15, 0.2) is 54.1 Å². The van der Waals surface area contributed by atoms with Crippen molar-refractivity contribution in [1.82, 2.24) is 0 Å². The van der Waals surface area contributed by atoms with Gasteiger partial charge in [-0.05, 0) is 35.4 Å². The topological polar surface area (TPSA) is 17.1 Å². The van der Waals surface area contributed by atoms with Crippen molar-refractivity contribution in [2.45, 2.75) is 6.43 Å². The summed E-state index contributed by atoms with van der Waals surface area (Å²) in [5, 5.41) is 0. The summed E-state index contributed by atoms with van der Waals surface area (Å²) in [5.41, 5.74) is -0.260. The molecular weight excluding hydrogens is 284 g/mol. The number of benzene rings is 2. The zero-order valence-corrected chi connectivity index (χ0v) is 10.7. The van der Waals surface area contributed by atoms with Gasteiger partial charge >= 0.3 is 0 Å². The van der Waals surface area contributed by atoms with Crippen molar-refractivity contribution in [2.75, 3.05) is 0 Å². The van der Waals surface area contributed by atoms with E-state index in [9.17, 15) is 22.4 Å². The molecule has 0 saturated carbocycles. The Balaban J connectivity index is 2.67. The third-order valence-electron chi connectivity index (χ3n) is 2.92. The highest BCUT2D eigenvalue weighted by atomic mass is 19.3. The third kappa shape index (κ3) is 3.37. The molecule has 0 aliphatic carbocycles. The summed E-state index contributed by atoms with van der Waals surface area (Å²) >= 11 is 0. The number of aldehydes is 1. The van der Waals surface area contributed by atoms with Crippen LogP contribution in [0.25, 0.3) is 5.57 Å². The molecule has 0 fully saturated rings. The van der Waals surface area contributed by atoms with Crippen LogP contribution in [0.2, 0.25) is 0 Å². The van der Waals surface area contributed by atoms with Crippen molar-refractivity contribution in [3.63, 3.8) is 0 Å². The first-order chi connectivity index (χ1) is 10.0. The van der Waals surface area contributed by atoms with Crippen LogP contribution >= 0.6 is 0 Å². The van der Waals surface area contributed by atoms with Gasteiger partial charge in [-0.1, -0.05) is 24.3 Å². The van der Waals surface area contributed by atoms with Crippen LogP contribution in [-0.2, 0) is 4.79 Å². The van der Waals surface area contributed by atoms with E-state index in [1.165, 1.54) is 24.3 Å². The Labute approximate surface area is 118 Å². The van der Waals surface area contributed by atoms with Crippen LogP contribution in [0.4, 0.5) is 17.6 Å². The molecule has 0 amide bonds. The molecule has 0 N–H and O–H groups in total. The molecule has 0 aliphatic rings. The zero-order valence-electron chi connectivity index (χ0n) is 10.7. The van der Waals surface area contributed by atoms with E-state index in [1.807, 2.05) is 0 Å². The van der Waals surface area contributed by atoms with Crippen LogP contribution in [0, 0.1) is 11.6 Å². The lowest BCUT2D eigenvalue weighted by Crippen LogP contribution is -2.04. The number of hydrogen-bond donors (Lipinski definition) is 0. The molecule has 1 nitrogen and oxygen atoms in total. The van der Waals surface area contributed by atoms with E-state index in [-0.39, 0.29) is 23.0 Å². The van der Waals surface area contributed by atoms with Crippen LogP contribution in [0.5, 0.6) is 0 Å². The molecule has 108 valence electrons. The molecule has 2 aromatic carbocycles. The highest BCUT2D eigenvalue weighted by Gasteiger charge is 2.19. The standard InChI is InChI=1S/C16H10F4O/c17-12-5-1-10(2-6-12)15(14(9-21)16(19)20)11-3-7-13(18)8-4-11/h1-9,16H. The fraction of sp³-hybridized carbons (Fsp3) is 0.0625. The molecule has 0 atom stereocenters. The monoisotopic (exact) mass is 294 g/mol. The molecular formula is C16H10F4O. The molecule has 0 heterocycles. The summed E-state index contributed by atoms with van der Waals surface area (Å²) in [6, 6.07) is 9.58. The fourth-order valence-corrected chi connectivity index (χ4v) is 1.95. The van der Waals surface area contributed by atoms with Crippen molar-refractivity contribution in [3.05, 3.63) is 76.9 Å². The highest BCUT2D eigenvalue weighted by molar-refractivity contribution is 5.95. The average Bonchev–Trinajstić information content (AvgIpc) is 2.46. The Kier molecular flexibility index (Phi) is 4.52. The van der Waals surface area contributed by atoms with E-state index < -0.39 is 23.6 Å². The van der Waals surface area contributed by atoms with Gasteiger partial charge in [-0.15, -0.1) is 0 Å². The first kappa shape index (κ1) is 15.0. The molecule has 5 heteroatoms. The summed E-state index contributed by atoms with van der Waals surface area (Å²) in [4.78, 5) is 11.0. The molecule has 0 bridgehead atoms. The number of halogens is 4. The molecule has 0 unspecified atom stereocenters. The largest absolute Gasteiger partial charge is 0.298 e. The smallest absolute Gasteiger partial charge is 0.267 e. The summed E-state index contributed by atoms with van der Waals surface area (Å²) in [5.74, 6) is -1.05. The van der Waals surface area contributed by atoms with Crippen LogP contribution in [-0.4, -0.2) is 12.7 Å². The Bertz CT molecular complexity index is 610. The van der Waals surface area contributed by atoms with Crippen molar-refractivity contribution < 1.29 is 22.4 Å². The van der Waals surface area contributed by atoms with Gasteiger partial charge in [-0.25, -0.2) is 17.6 Å². The Morgan fingerprint density at radius 2 is 1.19 bits per heavy atom. The van der Waals surface area contributed by atoms with Gasteiger partial charge in [-0.3, -0.25) is 4.79 Å². The fourth-order valence-electron chi connectivity index (χ4n) is 1.95. The summed E-state index contributed by atoms with van der Waals surface area (Å²) in [6.45, 7) is 0. The molecule has 0 aliphatic heterocycles. The first-order valence-corrected chi connectivity index (χ1v) is 6.02. The lowest BCUT2D eigenvalue weighted by Gasteiger charge is -2.12. The van der Waals surface area contributed by atoms with Crippen molar-refractivity contribution in [1.29, 1.82) is 0 Å². The Morgan fingerprint density at radius 1 is 0.810 bits per heavy atom. The summed E-state index contributed by atoms with van der Waals surface area (Å²) in [6.07, 6.45) is -2.93. The lowest BCUT2D eigenvalue weighted by molar-refractivity contribution is -0.105. The lowest BCUT2D eigenvalue weighted by atomic mass is 9.93. The van der Waals surface area contributed by atoms with Crippen molar-refractivity contribution in [3.8, 4) is 0 Å². The second-order valence-corrected chi connectivity index (χ2v) is 4.26. The van der Waals surface area contributed by atoms with Gasteiger partial charge in [0, 0.05) is 5.57 Å². The van der Waals surface area contributed by atoms with Gasteiger partial charge in [0.15, 0.2) is 6.29 Å². The van der Waals surface area contributed by atoms with Crippen LogP contribution in [0.3, 0.4) is 0 Å². The maximum Gasteiger partial charge on any atom is 0.267 e. The van der Waals surface area contributed by atoms with Gasteiger partial charge in [0.25, 0.3) is 6.43 Å². The van der Waals surface area contributed by atoms with Gasteiger partial charge in [0.1, 0.15) is 11.6 Å². The number of rotatable bonds is 4. The molecule has 0 saturated heterocycles. The van der Waals surface area contributed by atoms with E-state index in [0.29, 0.717) is 0 Å². The normalized spacial score (nSPS) is 10.5. The second kappa shape index (κ2) is 6.35. The third-order valence-corrected chi connectivity index (χ3v) is 2.92. The summed E-state index contributed by atoms with van der Waals surface area (Å²) < 4.78 is 52.0. The number of hydrogen-bond acceptors (Lipinski definition) is 1. The van der Waals surface area contributed by atoms with Gasteiger partial charge in [-0.2, -0.15) is 0 Å². The Morgan fingerprint density at radius 3 is 1.48 bits per heavy atom. The SMILES string of the molecule is O=CC(=C(c1ccc(F)cc1)c1ccc(F)cc1)C(F)F. The van der Waals surface area contributed by atoms with Gasteiger partial charge < -0.3 is 0 Å². The predicted octanol–water partition coefficient (Wildman–Crippen LogP) is 4.23. The quantitative estimate of drug-likeness (QED) is 0.468. The van der Waals surface area contributed by atoms with E-state index in [2.05, 4.69) is 0 Å². The molecule has 2 rings (SSSR count). The molecule has 0 spiro atoms. The number of allylic oxidation sites excluding steroid dienone is 1. The minimum Gasteiger partial charge on any atom is -0.298 e. The minimum absolute atomic E-state index is 0.0417. The maximum absolute atomic E-state index is 13.0. The minimum atomic E-state index is -2.99. The number of alkyl halides is 2. The van der Waals surface area contributed by atoms with Gasteiger partial charge in [0.05, 0.1) is 5.57 Å². The van der Waals surface area contributed by atoms with E-state index >= 15 is 0 Å². The van der Waals surface area contributed by atoms with E-state index in [0.717, 1.165) is 24.3 Å². The predicted molar refractivity (Wildman–Crippen MR) is 70.9 cm³/mol. The van der Waals surface area contributed by atoms with Crippen LogP contribution in [0.1, 0.15) is 11.1 Å². The van der Waals surface area contributed by atoms with Crippen molar-refractivity contribution >= 4 is 11.9 Å². The molecule has 2 aromatic rings. The first-order valence-electron chi connectivity index (χ1n) is 6.02. The average molecular weight is 294 g/mol. The molecule has 0 aromatic heterocycles. The van der Waals surface area contributed by atoms with Crippen LogP contribution < -0.4 is 0 Å². The van der Waals surface area contributed by atoms with E-state index in [1.54, 1.807) is 0 Å². The Hall–Kier alpha value is -2.43. The second-order valence-electron chi connectivity index (χ2n) is 4.26. The zero-order chi connectivity index (χ0) is 15.4. The van der Waals surface area contributed by atoms with E-state index in [4.69, 9.17) is 0 Å². The summed E-state index contributed by atoms with van der Waals surface area (Å²) in [7, 11) is 0. The highest BCUT2D eigenvalue weighted by Crippen LogP contribution is 2.29. The molecule has 0 radical (unpaired) electrons. The van der Waals surface area contributed by atoms with Gasteiger partial charge in [0.2, 0.25) is 0 Å². The molecule has 21 heavy (non-hydrogen) atoms. The number of carbonyl (C=O) groups is 1. The number of carbonyl (C=O) groups excluding carboxylic acids is 1. The maximum atomic E-state index is 13.0.